The summed E-state index contributed by atoms with van der Waals surface area (Å²) in [7, 11) is 1.66. The molecule has 2 aromatic rings. The van der Waals surface area contributed by atoms with E-state index in [-0.39, 0.29) is 5.78 Å². The van der Waals surface area contributed by atoms with E-state index in [2.05, 4.69) is 20.8 Å². The van der Waals surface area contributed by atoms with Gasteiger partial charge < -0.3 is 9.64 Å². The van der Waals surface area contributed by atoms with Crippen LogP contribution in [0.3, 0.4) is 0 Å². The normalized spacial score (nSPS) is 14.4. The number of anilines is 1. The van der Waals surface area contributed by atoms with Crippen LogP contribution in [0.1, 0.15) is 35.2 Å². The van der Waals surface area contributed by atoms with Crippen LogP contribution >= 0.6 is 15.9 Å². The number of rotatable bonds is 6. The summed E-state index contributed by atoms with van der Waals surface area (Å²) in [6.07, 6.45) is 4.44. The van der Waals surface area contributed by atoms with Crippen LogP contribution in [-0.4, -0.2) is 41.1 Å². The number of halogens is 1. The van der Waals surface area contributed by atoms with Crippen molar-refractivity contribution in [3.8, 4) is 5.75 Å². The van der Waals surface area contributed by atoms with Crippen molar-refractivity contribution in [3.63, 3.8) is 0 Å². The van der Waals surface area contributed by atoms with Gasteiger partial charge in [-0.1, -0.05) is 28.1 Å². The van der Waals surface area contributed by atoms with Gasteiger partial charge in [0, 0.05) is 31.0 Å². The molecule has 1 aromatic heterocycles. The van der Waals surface area contributed by atoms with Gasteiger partial charge in [0.1, 0.15) is 5.75 Å². The Labute approximate surface area is 150 Å². The van der Waals surface area contributed by atoms with Crippen LogP contribution in [0.25, 0.3) is 0 Å². The predicted octanol–water partition coefficient (Wildman–Crippen LogP) is 3.51. The Morgan fingerprint density at radius 1 is 1.29 bits per heavy atom. The molecule has 0 saturated heterocycles. The summed E-state index contributed by atoms with van der Waals surface area (Å²) in [4.78, 5) is 14.6. The molecule has 0 radical (unpaired) electrons. The fourth-order valence-electron chi connectivity index (χ4n) is 2.98. The number of carbonyl (C=O) groups is 1. The highest BCUT2D eigenvalue weighted by molar-refractivity contribution is 9.09. The first-order chi connectivity index (χ1) is 11.7. The molecular weight excluding hydrogens is 370 g/mol. The molecule has 0 bridgehead atoms. The summed E-state index contributed by atoms with van der Waals surface area (Å²) in [5.41, 5.74) is 1.89. The number of ether oxygens (including phenoxy) is 1. The van der Waals surface area contributed by atoms with Gasteiger partial charge in [-0.2, -0.15) is 5.10 Å². The third-order valence-electron chi connectivity index (χ3n) is 4.24. The maximum atomic E-state index is 12.4. The molecular formula is C18H22BrN3O2. The smallest absolute Gasteiger partial charge is 0.168 e. The first-order valence-corrected chi connectivity index (χ1v) is 9.38. The van der Waals surface area contributed by atoms with Crippen molar-refractivity contribution < 1.29 is 9.53 Å². The van der Waals surface area contributed by atoms with Crippen LogP contribution in [0.5, 0.6) is 5.75 Å². The third kappa shape index (κ3) is 3.80. The molecule has 1 aromatic carbocycles. The van der Waals surface area contributed by atoms with Crippen molar-refractivity contribution in [1.82, 2.24) is 9.78 Å². The van der Waals surface area contributed by atoms with E-state index in [0.29, 0.717) is 13.0 Å². The van der Waals surface area contributed by atoms with Gasteiger partial charge in [-0.15, -0.1) is 0 Å². The van der Waals surface area contributed by atoms with Gasteiger partial charge in [-0.25, -0.2) is 0 Å². The Kier molecular flexibility index (Phi) is 5.56. The molecule has 0 amide bonds. The molecule has 5 nitrogen and oxygen atoms in total. The zero-order valence-electron chi connectivity index (χ0n) is 13.9. The Balaban J connectivity index is 1.82. The number of nitrogens with zero attached hydrogens (tertiary/aromatic N) is 3. The number of fused-ring (bicyclic) bond motifs is 1. The SMILES string of the molecule is COc1ccc(Cn2cc3c(n2)N(CCCBr)CCCC3=O)cc1. The highest BCUT2D eigenvalue weighted by Crippen LogP contribution is 2.25. The molecule has 2 heterocycles. The van der Waals surface area contributed by atoms with Gasteiger partial charge in [0.05, 0.1) is 19.2 Å². The van der Waals surface area contributed by atoms with E-state index in [1.165, 1.54) is 0 Å². The minimum absolute atomic E-state index is 0.201. The van der Waals surface area contributed by atoms with Gasteiger partial charge in [0.25, 0.3) is 0 Å². The number of aromatic nitrogens is 2. The lowest BCUT2D eigenvalue weighted by Gasteiger charge is -2.20. The molecule has 3 rings (SSSR count). The summed E-state index contributed by atoms with van der Waals surface area (Å²) in [5.74, 6) is 1.88. The summed E-state index contributed by atoms with van der Waals surface area (Å²) in [6.45, 7) is 2.47. The van der Waals surface area contributed by atoms with E-state index in [0.717, 1.165) is 54.0 Å². The summed E-state index contributed by atoms with van der Waals surface area (Å²) < 4.78 is 7.06. The minimum atomic E-state index is 0.201. The van der Waals surface area contributed by atoms with Crippen molar-refractivity contribution in [3.05, 3.63) is 41.6 Å². The molecule has 0 atom stereocenters. The lowest BCUT2D eigenvalue weighted by atomic mass is 10.1. The molecule has 128 valence electrons. The molecule has 0 spiro atoms. The number of hydrogen-bond donors (Lipinski definition) is 0. The molecule has 1 aliphatic rings. The van der Waals surface area contributed by atoms with E-state index in [1.807, 2.05) is 35.1 Å². The van der Waals surface area contributed by atoms with Gasteiger partial charge in [0.15, 0.2) is 11.6 Å². The van der Waals surface area contributed by atoms with Crippen LogP contribution in [0.4, 0.5) is 5.82 Å². The van der Waals surface area contributed by atoms with E-state index in [1.54, 1.807) is 7.11 Å². The van der Waals surface area contributed by atoms with Crippen molar-refractivity contribution in [2.75, 3.05) is 30.4 Å². The number of alkyl halides is 1. The molecule has 0 aliphatic carbocycles. The van der Waals surface area contributed by atoms with E-state index in [4.69, 9.17) is 9.84 Å². The van der Waals surface area contributed by atoms with Crippen LogP contribution in [0.2, 0.25) is 0 Å². The number of methoxy groups -OCH3 is 1. The second-order valence-corrected chi connectivity index (χ2v) is 6.76. The highest BCUT2D eigenvalue weighted by Gasteiger charge is 2.24. The van der Waals surface area contributed by atoms with Crippen LogP contribution in [0, 0.1) is 0 Å². The molecule has 1 aliphatic heterocycles. The van der Waals surface area contributed by atoms with Crippen molar-refractivity contribution in [2.24, 2.45) is 0 Å². The third-order valence-corrected chi connectivity index (χ3v) is 4.80. The maximum Gasteiger partial charge on any atom is 0.168 e. The first kappa shape index (κ1) is 17.0. The quantitative estimate of drug-likeness (QED) is 0.706. The second kappa shape index (κ2) is 7.83. The molecule has 6 heteroatoms. The predicted molar refractivity (Wildman–Crippen MR) is 98.5 cm³/mol. The monoisotopic (exact) mass is 391 g/mol. The highest BCUT2D eigenvalue weighted by atomic mass is 79.9. The average Bonchev–Trinajstić information content (AvgIpc) is 2.96. The van der Waals surface area contributed by atoms with Gasteiger partial charge in [-0.3, -0.25) is 9.48 Å². The van der Waals surface area contributed by atoms with Crippen LogP contribution < -0.4 is 9.64 Å². The Morgan fingerprint density at radius 3 is 2.79 bits per heavy atom. The van der Waals surface area contributed by atoms with Gasteiger partial charge >= 0.3 is 0 Å². The zero-order chi connectivity index (χ0) is 16.9. The van der Waals surface area contributed by atoms with Gasteiger partial charge in [0.2, 0.25) is 0 Å². The topological polar surface area (TPSA) is 47.4 Å². The van der Waals surface area contributed by atoms with Crippen LogP contribution in [0.15, 0.2) is 30.5 Å². The summed E-state index contributed by atoms with van der Waals surface area (Å²) in [5, 5.41) is 5.67. The summed E-state index contributed by atoms with van der Waals surface area (Å²) >= 11 is 3.48. The second-order valence-electron chi connectivity index (χ2n) is 5.97. The lowest BCUT2D eigenvalue weighted by Crippen LogP contribution is -2.26. The number of hydrogen-bond acceptors (Lipinski definition) is 4. The lowest BCUT2D eigenvalue weighted by molar-refractivity contribution is 0.0983. The van der Waals surface area contributed by atoms with E-state index in [9.17, 15) is 4.79 Å². The Hall–Kier alpha value is -1.82. The molecule has 0 fully saturated rings. The van der Waals surface area contributed by atoms with Crippen LogP contribution in [-0.2, 0) is 6.54 Å². The zero-order valence-corrected chi connectivity index (χ0v) is 15.5. The van der Waals surface area contributed by atoms with Crippen molar-refractivity contribution in [2.45, 2.75) is 25.8 Å². The largest absolute Gasteiger partial charge is 0.497 e. The number of carbonyl (C=O) groups excluding carboxylic acids is 1. The Morgan fingerprint density at radius 2 is 2.08 bits per heavy atom. The standard InChI is InChI=1S/C18H22BrN3O2/c1-24-15-7-5-14(6-8-15)12-22-13-16-17(23)4-2-10-21(11-3-9-19)18(16)20-22/h5-8,13H,2-4,9-12H2,1H3. The Bertz CT molecular complexity index is 697. The molecule has 0 unspecified atom stereocenters. The van der Waals surface area contributed by atoms with E-state index >= 15 is 0 Å². The molecule has 0 saturated carbocycles. The number of Topliss-reactive ketones (excluding diaryl/α,β-unsaturated/α-hetero) is 1. The fourth-order valence-corrected chi connectivity index (χ4v) is 3.23. The first-order valence-electron chi connectivity index (χ1n) is 8.26. The van der Waals surface area contributed by atoms with Gasteiger partial charge in [-0.05, 0) is 30.5 Å². The maximum absolute atomic E-state index is 12.4. The number of ketones is 1. The average molecular weight is 392 g/mol. The van der Waals surface area contributed by atoms with Crippen molar-refractivity contribution in [1.29, 1.82) is 0 Å². The molecule has 24 heavy (non-hydrogen) atoms. The fraction of sp³-hybridized carbons (Fsp3) is 0.444. The number of benzene rings is 1. The van der Waals surface area contributed by atoms with Crippen molar-refractivity contribution >= 4 is 27.5 Å². The minimum Gasteiger partial charge on any atom is -0.497 e. The molecule has 0 N–H and O–H groups in total. The van der Waals surface area contributed by atoms with E-state index < -0.39 is 0 Å². The summed E-state index contributed by atoms with van der Waals surface area (Å²) in [6, 6.07) is 7.93.